The Hall–Kier alpha value is -1.50. The Labute approximate surface area is 139 Å². The van der Waals surface area contributed by atoms with Crippen molar-refractivity contribution in [1.29, 1.82) is 0 Å². The van der Waals surface area contributed by atoms with E-state index >= 15 is 0 Å². The van der Waals surface area contributed by atoms with Gasteiger partial charge in [-0.2, -0.15) is 0 Å². The van der Waals surface area contributed by atoms with Crippen molar-refractivity contribution in [2.24, 2.45) is 5.92 Å². The van der Waals surface area contributed by atoms with Crippen LogP contribution in [0.15, 0.2) is 18.2 Å². The number of fused-ring (bicyclic) bond motifs is 1. The molecule has 1 aromatic heterocycles. The third-order valence-corrected chi connectivity index (χ3v) is 4.70. The van der Waals surface area contributed by atoms with Gasteiger partial charge in [0.2, 0.25) is 0 Å². The van der Waals surface area contributed by atoms with Crippen LogP contribution in [0.25, 0.3) is 10.1 Å². The van der Waals surface area contributed by atoms with Crippen molar-refractivity contribution in [3.8, 4) is 0 Å². The fourth-order valence-corrected chi connectivity index (χ4v) is 3.69. The normalized spacial score (nSPS) is 12.8. The average molecular weight is 339 g/mol. The zero-order valence-corrected chi connectivity index (χ0v) is 14.4. The topological polar surface area (TPSA) is 58.6 Å². The van der Waals surface area contributed by atoms with E-state index in [2.05, 4.69) is 5.32 Å². The van der Waals surface area contributed by atoms with Crippen LogP contribution in [-0.2, 0) is 11.3 Å². The monoisotopic (exact) mass is 339 g/mol. The molecule has 0 saturated carbocycles. The third kappa shape index (κ3) is 4.28. The minimum absolute atomic E-state index is 0.165. The number of hydrogen-bond donors (Lipinski definition) is 2. The first-order valence-electron chi connectivity index (χ1n) is 7.59. The van der Waals surface area contributed by atoms with Gasteiger partial charge < -0.3 is 15.2 Å². The number of halogens is 1. The minimum Gasteiger partial charge on any atom is -0.391 e. The first kappa shape index (κ1) is 17.8. The first-order chi connectivity index (χ1) is 10.9. The molecular formula is C17H22FNO3S. The molecule has 1 atom stereocenters. The molecule has 4 nitrogen and oxygen atoms in total. The van der Waals surface area contributed by atoms with Crippen molar-refractivity contribution in [2.45, 2.75) is 33.0 Å². The highest BCUT2D eigenvalue weighted by atomic mass is 32.1. The van der Waals surface area contributed by atoms with Gasteiger partial charge in [-0.15, -0.1) is 11.3 Å². The Morgan fingerprint density at radius 1 is 1.43 bits per heavy atom. The van der Waals surface area contributed by atoms with E-state index in [1.807, 2.05) is 13.8 Å². The summed E-state index contributed by atoms with van der Waals surface area (Å²) in [5.74, 6) is -0.311. The van der Waals surface area contributed by atoms with Crippen LogP contribution in [0.5, 0.6) is 0 Å². The number of thiophene rings is 1. The Morgan fingerprint density at radius 2 is 2.17 bits per heavy atom. The van der Waals surface area contributed by atoms with Crippen LogP contribution in [-0.4, -0.2) is 30.8 Å². The SMILES string of the molecule is COCc1c(C(=O)NCC(O)CC(C)C)sc2cccc(F)c12. The highest BCUT2D eigenvalue weighted by molar-refractivity contribution is 7.21. The van der Waals surface area contributed by atoms with Gasteiger partial charge in [0.25, 0.3) is 5.91 Å². The Kier molecular flexibility index (Phi) is 6.10. The van der Waals surface area contributed by atoms with E-state index in [0.29, 0.717) is 32.9 Å². The summed E-state index contributed by atoms with van der Waals surface area (Å²) in [4.78, 5) is 12.9. The van der Waals surface area contributed by atoms with Gasteiger partial charge >= 0.3 is 0 Å². The summed E-state index contributed by atoms with van der Waals surface area (Å²) in [6.45, 7) is 4.37. The van der Waals surface area contributed by atoms with Crippen molar-refractivity contribution >= 4 is 27.3 Å². The summed E-state index contributed by atoms with van der Waals surface area (Å²) in [6.07, 6.45) is 0.0302. The number of benzene rings is 1. The second-order valence-electron chi connectivity index (χ2n) is 5.95. The van der Waals surface area contributed by atoms with Crippen LogP contribution in [0.3, 0.4) is 0 Å². The zero-order valence-electron chi connectivity index (χ0n) is 13.6. The summed E-state index contributed by atoms with van der Waals surface area (Å²) >= 11 is 1.24. The molecule has 2 N–H and O–H groups in total. The molecule has 0 saturated heterocycles. The summed E-state index contributed by atoms with van der Waals surface area (Å²) < 4.78 is 19.9. The number of nitrogens with one attached hydrogen (secondary N) is 1. The molecule has 1 amide bonds. The molecule has 126 valence electrons. The maximum atomic E-state index is 14.1. The van der Waals surface area contributed by atoms with E-state index < -0.39 is 6.10 Å². The van der Waals surface area contributed by atoms with Crippen molar-refractivity contribution in [2.75, 3.05) is 13.7 Å². The highest BCUT2D eigenvalue weighted by Gasteiger charge is 2.21. The van der Waals surface area contributed by atoms with E-state index in [1.165, 1.54) is 24.5 Å². The van der Waals surface area contributed by atoms with Crippen LogP contribution < -0.4 is 5.32 Å². The lowest BCUT2D eigenvalue weighted by molar-refractivity contribution is 0.0900. The van der Waals surface area contributed by atoms with E-state index in [9.17, 15) is 14.3 Å². The van der Waals surface area contributed by atoms with Crippen LogP contribution in [0.1, 0.15) is 35.5 Å². The number of aliphatic hydroxyl groups is 1. The van der Waals surface area contributed by atoms with E-state index in [-0.39, 0.29) is 24.9 Å². The first-order valence-corrected chi connectivity index (χ1v) is 8.40. The van der Waals surface area contributed by atoms with Crippen LogP contribution in [0, 0.1) is 11.7 Å². The molecule has 23 heavy (non-hydrogen) atoms. The van der Waals surface area contributed by atoms with Gasteiger partial charge in [-0.1, -0.05) is 19.9 Å². The molecule has 0 aliphatic heterocycles. The number of ether oxygens (including phenoxy) is 1. The standard InChI is InChI=1S/C17H22FNO3S/c1-10(2)7-11(20)8-19-17(21)16-12(9-22-3)15-13(18)5-4-6-14(15)23-16/h4-6,10-11,20H,7-9H2,1-3H3,(H,19,21). The van der Waals surface area contributed by atoms with Crippen molar-refractivity contribution < 1.29 is 19.0 Å². The molecule has 0 aliphatic rings. The fourth-order valence-electron chi connectivity index (χ4n) is 2.55. The molecule has 0 fully saturated rings. The molecule has 1 aromatic carbocycles. The van der Waals surface area contributed by atoms with Gasteiger partial charge in [0.05, 0.1) is 17.6 Å². The van der Waals surface area contributed by atoms with E-state index in [0.717, 1.165) is 0 Å². The molecule has 2 rings (SSSR count). The summed E-state index contributed by atoms with van der Waals surface area (Å²) in [5.41, 5.74) is 0.557. The lowest BCUT2D eigenvalue weighted by atomic mass is 10.1. The van der Waals surface area contributed by atoms with Crippen LogP contribution in [0.2, 0.25) is 0 Å². The van der Waals surface area contributed by atoms with Crippen molar-refractivity contribution in [1.82, 2.24) is 5.32 Å². The molecule has 6 heteroatoms. The number of rotatable bonds is 7. The maximum absolute atomic E-state index is 14.1. The average Bonchev–Trinajstić information content (AvgIpc) is 2.85. The predicted molar refractivity (Wildman–Crippen MR) is 90.3 cm³/mol. The quantitative estimate of drug-likeness (QED) is 0.813. The fraction of sp³-hybridized carbons (Fsp3) is 0.471. The van der Waals surface area contributed by atoms with E-state index in [4.69, 9.17) is 4.74 Å². The number of hydrogen-bond acceptors (Lipinski definition) is 4. The molecule has 0 radical (unpaired) electrons. The summed E-state index contributed by atoms with van der Waals surface area (Å²) in [5, 5.41) is 13.0. The largest absolute Gasteiger partial charge is 0.391 e. The Bertz CT molecular complexity index is 684. The summed E-state index contributed by atoms with van der Waals surface area (Å²) in [6, 6.07) is 4.79. The van der Waals surface area contributed by atoms with Gasteiger partial charge in [0, 0.05) is 29.3 Å². The number of carbonyl (C=O) groups excluding carboxylic acids is 1. The van der Waals surface area contributed by atoms with Crippen molar-refractivity contribution in [3.63, 3.8) is 0 Å². The summed E-state index contributed by atoms with van der Waals surface area (Å²) in [7, 11) is 1.51. The molecule has 0 spiro atoms. The molecule has 0 bridgehead atoms. The van der Waals surface area contributed by atoms with Gasteiger partial charge in [-0.3, -0.25) is 4.79 Å². The predicted octanol–water partition coefficient (Wildman–Crippen LogP) is 3.32. The van der Waals surface area contributed by atoms with Crippen molar-refractivity contribution in [3.05, 3.63) is 34.5 Å². The lowest BCUT2D eigenvalue weighted by Gasteiger charge is -2.13. The van der Waals surface area contributed by atoms with E-state index in [1.54, 1.807) is 12.1 Å². The second-order valence-corrected chi connectivity index (χ2v) is 7.00. The second kappa shape index (κ2) is 7.86. The van der Waals surface area contributed by atoms with Gasteiger partial charge in [-0.05, 0) is 24.5 Å². The van der Waals surface area contributed by atoms with Gasteiger partial charge in [0.15, 0.2) is 0 Å². The van der Waals surface area contributed by atoms with Gasteiger partial charge in [-0.25, -0.2) is 4.39 Å². The Balaban J connectivity index is 2.23. The lowest BCUT2D eigenvalue weighted by Crippen LogP contribution is -2.32. The van der Waals surface area contributed by atoms with Crippen LogP contribution in [0.4, 0.5) is 4.39 Å². The number of methoxy groups -OCH3 is 1. The minimum atomic E-state index is -0.587. The van der Waals surface area contributed by atoms with Gasteiger partial charge in [0.1, 0.15) is 5.82 Å². The van der Waals surface area contributed by atoms with Crippen LogP contribution >= 0.6 is 11.3 Å². The number of carbonyl (C=O) groups is 1. The Morgan fingerprint density at radius 3 is 2.83 bits per heavy atom. The highest BCUT2D eigenvalue weighted by Crippen LogP contribution is 2.33. The molecular weight excluding hydrogens is 317 g/mol. The molecule has 2 aromatic rings. The smallest absolute Gasteiger partial charge is 0.261 e. The third-order valence-electron chi connectivity index (χ3n) is 3.50. The molecule has 0 aliphatic carbocycles. The zero-order chi connectivity index (χ0) is 17.0. The number of aliphatic hydroxyl groups excluding tert-OH is 1. The maximum Gasteiger partial charge on any atom is 0.261 e. The molecule has 1 heterocycles. The molecule has 1 unspecified atom stereocenters. The number of amides is 1.